The van der Waals surface area contributed by atoms with Crippen LogP contribution >= 0.6 is 27.7 Å². The molecule has 1 unspecified atom stereocenters. The van der Waals surface area contributed by atoms with Gasteiger partial charge in [0.1, 0.15) is 5.37 Å². The minimum Gasteiger partial charge on any atom is -0.323 e. The van der Waals surface area contributed by atoms with Crippen LogP contribution in [0.25, 0.3) is 0 Å². The van der Waals surface area contributed by atoms with Crippen LogP contribution in [0.5, 0.6) is 0 Å². The molecule has 2 saturated heterocycles. The normalized spacial score (nSPS) is 22.1. The summed E-state index contributed by atoms with van der Waals surface area (Å²) in [6.45, 7) is 3.12. The summed E-state index contributed by atoms with van der Waals surface area (Å²) < 4.78 is 1.08. The average Bonchev–Trinajstić information content (AvgIpc) is 3.05. The summed E-state index contributed by atoms with van der Waals surface area (Å²) in [5.41, 5.74) is 2.60. The first-order chi connectivity index (χ1) is 12.7. The molecule has 2 heterocycles. The summed E-state index contributed by atoms with van der Waals surface area (Å²) in [6.07, 6.45) is 2.12. The topological polar surface area (TPSA) is 23.6 Å². The second kappa shape index (κ2) is 8.15. The third kappa shape index (κ3) is 4.00. The van der Waals surface area contributed by atoms with Gasteiger partial charge in [-0.25, -0.2) is 0 Å². The van der Waals surface area contributed by atoms with E-state index in [4.69, 9.17) is 0 Å². The highest BCUT2D eigenvalue weighted by Crippen LogP contribution is 2.42. The third-order valence-electron chi connectivity index (χ3n) is 5.26. The third-order valence-corrected chi connectivity index (χ3v) is 7.02. The number of thioether (sulfide) groups is 1. The van der Waals surface area contributed by atoms with Crippen LogP contribution in [-0.2, 0) is 11.3 Å². The van der Waals surface area contributed by atoms with Crippen LogP contribution < -0.4 is 0 Å². The summed E-state index contributed by atoms with van der Waals surface area (Å²) in [5.74, 6) is 0.898. The van der Waals surface area contributed by atoms with Crippen molar-refractivity contribution in [3.63, 3.8) is 0 Å². The number of nitrogens with zero attached hydrogens (tertiary/aromatic N) is 2. The van der Waals surface area contributed by atoms with Crippen molar-refractivity contribution in [1.29, 1.82) is 0 Å². The summed E-state index contributed by atoms with van der Waals surface area (Å²) in [5, 5.41) is 0.168. The van der Waals surface area contributed by atoms with Crippen molar-refractivity contribution in [3.05, 3.63) is 70.2 Å². The molecular formula is C21H23BrN2OS. The molecule has 0 N–H and O–H groups in total. The number of hydrogen-bond donors (Lipinski definition) is 0. The zero-order chi connectivity index (χ0) is 17.9. The van der Waals surface area contributed by atoms with Crippen LogP contribution in [0, 0.1) is 0 Å². The second-order valence-corrected chi connectivity index (χ2v) is 8.99. The van der Waals surface area contributed by atoms with Crippen molar-refractivity contribution in [2.45, 2.75) is 30.8 Å². The fourth-order valence-corrected chi connectivity index (χ4v) is 5.43. The predicted octanol–water partition coefficient (Wildman–Crippen LogP) is 4.69. The van der Waals surface area contributed by atoms with Gasteiger partial charge in [-0.2, -0.15) is 0 Å². The minimum absolute atomic E-state index is 0.168. The van der Waals surface area contributed by atoms with Crippen LogP contribution in [0.4, 0.5) is 0 Å². The van der Waals surface area contributed by atoms with Crippen LogP contribution in [0.15, 0.2) is 59.1 Å². The van der Waals surface area contributed by atoms with Gasteiger partial charge in [-0.15, -0.1) is 11.8 Å². The zero-order valence-electron chi connectivity index (χ0n) is 14.7. The van der Waals surface area contributed by atoms with E-state index in [9.17, 15) is 4.79 Å². The Balaban J connectivity index is 1.40. The molecule has 2 fully saturated rings. The molecule has 1 amide bonds. The fraction of sp³-hybridized carbons (Fsp3) is 0.381. The van der Waals surface area contributed by atoms with Gasteiger partial charge in [0.15, 0.2) is 0 Å². The van der Waals surface area contributed by atoms with Gasteiger partial charge in [0.25, 0.3) is 0 Å². The highest BCUT2D eigenvalue weighted by atomic mass is 79.9. The Morgan fingerprint density at radius 2 is 1.69 bits per heavy atom. The lowest BCUT2D eigenvalue weighted by Gasteiger charge is -2.39. The molecule has 4 rings (SSSR count). The monoisotopic (exact) mass is 430 g/mol. The lowest BCUT2D eigenvalue weighted by molar-refractivity contribution is -0.131. The van der Waals surface area contributed by atoms with E-state index in [2.05, 4.69) is 80.3 Å². The summed E-state index contributed by atoms with van der Waals surface area (Å²) >= 11 is 5.26. The standard InChI is InChI=1S/C21H23BrN2OS/c22-18-8-6-17(7-9-18)21-24(20(25)15-26-21)19-10-12-23(13-11-19)14-16-4-2-1-3-5-16/h1-9,19,21H,10-15H2. The molecule has 0 saturated carbocycles. The molecule has 0 spiro atoms. The van der Waals surface area contributed by atoms with Crippen LogP contribution in [0.2, 0.25) is 0 Å². The highest BCUT2D eigenvalue weighted by molar-refractivity contribution is 9.10. The van der Waals surface area contributed by atoms with Gasteiger partial charge in [0.2, 0.25) is 5.91 Å². The lowest BCUT2D eigenvalue weighted by atomic mass is 10.0. The Labute approximate surface area is 167 Å². The van der Waals surface area contributed by atoms with Crippen molar-refractivity contribution in [3.8, 4) is 0 Å². The Bertz CT molecular complexity index is 744. The molecule has 3 nitrogen and oxygen atoms in total. The molecule has 2 aromatic rings. The number of likely N-dealkylation sites (tertiary alicyclic amines) is 1. The van der Waals surface area contributed by atoms with Gasteiger partial charge in [0.05, 0.1) is 5.75 Å². The first-order valence-electron chi connectivity index (χ1n) is 9.15. The molecule has 136 valence electrons. The van der Waals surface area contributed by atoms with Crippen molar-refractivity contribution in [2.24, 2.45) is 0 Å². The number of halogens is 1. The number of amides is 1. The number of hydrogen-bond acceptors (Lipinski definition) is 3. The number of piperidine rings is 1. The molecule has 1 atom stereocenters. The Morgan fingerprint density at radius 3 is 2.38 bits per heavy atom. The van der Waals surface area contributed by atoms with Gasteiger partial charge >= 0.3 is 0 Å². The van der Waals surface area contributed by atoms with Gasteiger partial charge in [-0.3, -0.25) is 9.69 Å². The van der Waals surface area contributed by atoms with Crippen molar-refractivity contribution in [1.82, 2.24) is 9.80 Å². The van der Waals surface area contributed by atoms with Gasteiger partial charge in [0, 0.05) is 30.1 Å². The quantitative estimate of drug-likeness (QED) is 0.702. The first kappa shape index (κ1) is 18.1. The zero-order valence-corrected chi connectivity index (χ0v) is 17.1. The van der Waals surface area contributed by atoms with Crippen LogP contribution in [0.3, 0.4) is 0 Å². The van der Waals surface area contributed by atoms with E-state index in [1.165, 1.54) is 11.1 Å². The Hall–Kier alpha value is -1.30. The highest BCUT2D eigenvalue weighted by Gasteiger charge is 2.38. The van der Waals surface area contributed by atoms with Crippen molar-refractivity contribution < 1.29 is 4.79 Å². The van der Waals surface area contributed by atoms with Gasteiger partial charge in [-0.05, 0) is 36.1 Å². The average molecular weight is 431 g/mol. The fourth-order valence-electron chi connectivity index (χ4n) is 3.91. The summed E-state index contributed by atoms with van der Waals surface area (Å²) in [4.78, 5) is 17.2. The van der Waals surface area contributed by atoms with E-state index in [0.717, 1.165) is 36.9 Å². The van der Waals surface area contributed by atoms with E-state index >= 15 is 0 Å². The van der Waals surface area contributed by atoms with Crippen molar-refractivity contribution >= 4 is 33.6 Å². The van der Waals surface area contributed by atoms with Crippen LogP contribution in [0.1, 0.15) is 29.3 Å². The maximum Gasteiger partial charge on any atom is 0.234 e. The molecule has 2 aliphatic heterocycles. The van der Waals surface area contributed by atoms with Crippen LogP contribution in [-0.4, -0.2) is 40.6 Å². The minimum atomic E-state index is 0.168. The Kier molecular flexibility index (Phi) is 5.67. The summed E-state index contributed by atoms with van der Waals surface area (Å²) in [6, 6.07) is 19.4. The SMILES string of the molecule is O=C1CSC(c2ccc(Br)cc2)N1C1CCN(Cc2ccccc2)CC1. The van der Waals surface area contributed by atoms with Gasteiger partial charge in [-0.1, -0.05) is 58.4 Å². The molecular weight excluding hydrogens is 408 g/mol. The molecule has 2 aliphatic rings. The number of rotatable bonds is 4. The largest absolute Gasteiger partial charge is 0.323 e. The number of carbonyl (C=O) groups is 1. The maximum absolute atomic E-state index is 12.6. The predicted molar refractivity (Wildman–Crippen MR) is 111 cm³/mol. The Morgan fingerprint density at radius 1 is 1.00 bits per heavy atom. The maximum atomic E-state index is 12.6. The molecule has 26 heavy (non-hydrogen) atoms. The molecule has 0 aliphatic carbocycles. The molecule has 2 aromatic carbocycles. The van der Waals surface area contributed by atoms with E-state index in [0.29, 0.717) is 17.7 Å². The molecule has 0 radical (unpaired) electrons. The van der Waals surface area contributed by atoms with E-state index in [-0.39, 0.29) is 5.37 Å². The van der Waals surface area contributed by atoms with E-state index in [1.807, 2.05) is 0 Å². The number of benzene rings is 2. The smallest absolute Gasteiger partial charge is 0.234 e. The second-order valence-electron chi connectivity index (χ2n) is 7.01. The molecule has 0 aromatic heterocycles. The first-order valence-corrected chi connectivity index (χ1v) is 11.0. The lowest BCUT2D eigenvalue weighted by Crippen LogP contribution is -2.46. The van der Waals surface area contributed by atoms with E-state index in [1.54, 1.807) is 11.8 Å². The summed E-state index contributed by atoms with van der Waals surface area (Å²) in [7, 11) is 0. The number of carbonyl (C=O) groups excluding carboxylic acids is 1. The van der Waals surface area contributed by atoms with Gasteiger partial charge < -0.3 is 4.90 Å². The molecule has 0 bridgehead atoms. The molecule has 5 heteroatoms. The van der Waals surface area contributed by atoms with E-state index < -0.39 is 0 Å². The van der Waals surface area contributed by atoms with Crippen molar-refractivity contribution in [2.75, 3.05) is 18.8 Å².